The van der Waals surface area contributed by atoms with Crippen molar-refractivity contribution in [1.29, 1.82) is 0 Å². The molecule has 0 saturated heterocycles. The van der Waals surface area contributed by atoms with E-state index in [2.05, 4.69) is 162 Å². The van der Waals surface area contributed by atoms with E-state index in [4.69, 9.17) is 14.4 Å². The topological polar surface area (TPSA) is 54.8 Å². The molecular formula is C51H34N4OS. The van der Waals surface area contributed by atoms with E-state index in [1.54, 1.807) is 0 Å². The van der Waals surface area contributed by atoms with Crippen LogP contribution in [0, 0.1) is 5.92 Å². The zero-order valence-electron chi connectivity index (χ0n) is 30.8. The van der Waals surface area contributed by atoms with E-state index in [0.717, 1.165) is 50.8 Å². The third-order valence-electron chi connectivity index (χ3n) is 11.6. The summed E-state index contributed by atoms with van der Waals surface area (Å²) in [5, 5.41) is 11.0. The van der Waals surface area contributed by atoms with Crippen LogP contribution in [0.5, 0.6) is 0 Å². The van der Waals surface area contributed by atoms with Crippen LogP contribution in [0.15, 0.2) is 178 Å². The molecule has 0 radical (unpaired) electrons. The lowest BCUT2D eigenvalue weighted by atomic mass is 9.96. The average Bonchev–Trinajstić information content (AvgIpc) is 3.95. The number of nitrogens with one attached hydrogen (secondary N) is 1. The quantitative estimate of drug-likeness (QED) is 0.190. The molecule has 3 aromatic heterocycles. The molecule has 0 fully saturated rings. The highest BCUT2D eigenvalue weighted by atomic mass is 32.1. The van der Waals surface area contributed by atoms with Gasteiger partial charge in [-0.25, -0.2) is 9.98 Å². The number of fused-ring (bicyclic) bond motifs is 9. The molecule has 0 spiro atoms. The molecule has 1 aliphatic carbocycles. The number of para-hydroxylation sites is 2. The van der Waals surface area contributed by atoms with Crippen molar-refractivity contribution in [3.8, 4) is 16.8 Å². The van der Waals surface area contributed by atoms with Crippen molar-refractivity contribution >= 4 is 88.1 Å². The van der Waals surface area contributed by atoms with Gasteiger partial charge in [-0.2, -0.15) is 0 Å². The molecule has 4 heterocycles. The molecule has 1 N–H and O–H groups in total. The maximum absolute atomic E-state index is 6.54. The van der Waals surface area contributed by atoms with E-state index < -0.39 is 0 Å². The minimum absolute atomic E-state index is 0.00710. The summed E-state index contributed by atoms with van der Waals surface area (Å²) in [6.45, 7) is 0. The fourth-order valence-electron chi connectivity index (χ4n) is 8.87. The Morgan fingerprint density at radius 3 is 2.14 bits per heavy atom. The lowest BCUT2D eigenvalue weighted by molar-refractivity contribution is 0.568. The lowest BCUT2D eigenvalue weighted by Gasteiger charge is -2.25. The van der Waals surface area contributed by atoms with Gasteiger partial charge in [0.2, 0.25) is 0 Å². The van der Waals surface area contributed by atoms with E-state index in [0.29, 0.717) is 0 Å². The molecule has 2 unspecified atom stereocenters. The summed E-state index contributed by atoms with van der Waals surface area (Å²) in [7, 11) is 0. The molecule has 0 bridgehead atoms. The van der Waals surface area contributed by atoms with Crippen LogP contribution in [0.25, 0.3) is 81.9 Å². The highest BCUT2D eigenvalue weighted by Crippen LogP contribution is 2.42. The molecule has 0 amide bonds. The monoisotopic (exact) mass is 750 g/mol. The fraction of sp³-hybridized carbons (Fsp3) is 0.0588. The van der Waals surface area contributed by atoms with Crippen molar-refractivity contribution in [3.63, 3.8) is 0 Å². The Labute approximate surface area is 331 Å². The van der Waals surface area contributed by atoms with Gasteiger partial charge in [0.25, 0.3) is 0 Å². The predicted molar refractivity (Wildman–Crippen MR) is 238 cm³/mol. The van der Waals surface area contributed by atoms with Crippen molar-refractivity contribution in [1.82, 2.24) is 9.88 Å². The number of furan rings is 1. The maximum Gasteiger partial charge on any atom is 0.147 e. The minimum Gasteiger partial charge on any atom is -0.456 e. The number of nitrogens with zero attached hydrogens (tertiary/aromatic N) is 3. The Kier molecular flexibility index (Phi) is 7.22. The number of hydrogen-bond acceptors (Lipinski definition) is 5. The molecule has 1 aliphatic heterocycles. The van der Waals surface area contributed by atoms with E-state index in [9.17, 15) is 0 Å². The van der Waals surface area contributed by atoms with Crippen LogP contribution in [0.2, 0.25) is 0 Å². The van der Waals surface area contributed by atoms with Gasteiger partial charge >= 0.3 is 0 Å². The second-order valence-electron chi connectivity index (χ2n) is 14.9. The first-order valence-corrected chi connectivity index (χ1v) is 20.3. The summed E-state index contributed by atoms with van der Waals surface area (Å²) in [6, 6.07) is 58.4. The third kappa shape index (κ3) is 5.21. The second kappa shape index (κ2) is 12.8. The van der Waals surface area contributed by atoms with Crippen LogP contribution in [-0.2, 0) is 0 Å². The van der Waals surface area contributed by atoms with Crippen molar-refractivity contribution in [2.24, 2.45) is 15.9 Å². The average molecular weight is 751 g/mol. The van der Waals surface area contributed by atoms with Crippen LogP contribution in [0.1, 0.15) is 23.7 Å². The smallest absolute Gasteiger partial charge is 0.147 e. The minimum atomic E-state index is -0.222. The highest BCUT2D eigenvalue weighted by Gasteiger charge is 2.25. The Morgan fingerprint density at radius 1 is 0.614 bits per heavy atom. The molecule has 5 nitrogen and oxygen atoms in total. The maximum atomic E-state index is 6.54. The highest BCUT2D eigenvalue weighted by molar-refractivity contribution is 7.26. The Hall–Kier alpha value is -7.02. The molecule has 10 aromatic rings. The van der Waals surface area contributed by atoms with Crippen molar-refractivity contribution in [2.75, 3.05) is 0 Å². The first-order chi connectivity index (χ1) is 28.2. The van der Waals surface area contributed by atoms with Crippen LogP contribution in [0.4, 0.5) is 0 Å². The number of rotatable bonds is 5. The predicted octanol–water partition coefficient (Wildman–Crippen LogP) is 11.3. The van der Waals surface area contributed by atoms with Gasteiger partial charge in [0, 0.05) is 53.0 Å². The summed E-state index contributed by atoms with van der Waals surface area (Å²) >= 11 is 1.86. The number of hydrogen-bond donors (Lipinski definition) is 1. The van der Waals surface area contributed by atoms with E-state index >= 15 is 0 Å². The van der Waals surface area contributed by atoms with Crippen LogP contribution >= 0.6 is 11.3 Å². The molecule has 2 aliphatic rings. The third-order valence-corrected chi connectivity index (χ3v) is 12.7. The lowest BCUT2D eigenvalue weighted by Crippen LogP contribution is -2.36. The number of aliphatic imine (C=N–C) groups is 2. The summed E-state index contributed by atoms with van der Waals surface area (Å²) in [5.41, 5.74) is 9.95. The summed E-state index contributed by atoms with van der Waals surface area (Å²) in [5.74, 6) is 1.64. The zero-order chi connectivity index (χ0) is 37.5. The largest absolute Gasteiger partial charge is 0.456 e. The van der Waals surface area contributed by atoms with Gasteiger partial charge in [0.1, 0.15) is 28.8 Å². The molecule has 2 atom stereocenters. The summed E-state index contributed by atoms with van der Waals surface area (Å²) in [6.07, 6.45) is 5.09. The first kappa shape index (κ1) is 32.2. The van der Waals surface area contributed by atoms with Crippen LogP contribution in [-0.4, -0.2) is 16.2 Å². The van der Waals surface area contributed by atoms with Crippen LogP contribution in [0.3, 0.4) is 0 Å². The van der Waals surface area contributed by atoms with Gasteiger partial charge in [0.15, 0.2) is 0 Å². The second-order valence-corrected chi connectivity index (χ2v) is 16.0. The SMILES string of the molecule is C1=c2oc3ccc(-c4ccc5c(c4)sc4cccc(-n6c7ccccc7c7ccccc76)c45)cc3c2=CCC1C1=NC(c2ccccc2)NC(c2ccccc2)=N1. The van der Waals surface area contributed by atoms with Gasteiger partial charge in [0.05, 0.1) is 16.7 Å². The first-order valence-electron chi connectivity index (χ1n) is 19.5. The molecule has 270 valence electrons. The molecule has 12 rings (SSSR count). The van der Waals surface area contributed by atoms with E-state index in [1.807, 2.05) is 35.6 Å². The summed E-state index contributed by atoms with van der Waals surface area (Å²) in [4.78, 5) is 10.2. The molecule has 6 heteroatoms. The molecular weight excluding hydrogens is 717 g/mol. The Bertz CT molecular complexity index is 3370. The molecule has 0 saturated carbocycles. The van der Waals surface area contributed by atoms with Gasteiger partial charge in [-0.3, -0.25) is 0 Å². The Balaban J connectivity index is 0.927. The van der Waals surface area contributed by atoms with Crippen molar-refractivity contribution < 1.29 is 4.42 Å². The van der Waals surface area contributed by atoms with Crippen molar-refractivity contribution in [2.45, 2.75) is 12.6 Å². The van der Waals surface area contributed by atoms with Crippen molar-refractivity contribution in [3.05, 3.63) is 186 Å². The normalized spacial score (nSPS) is 16.6. The van der Waals surface area contributed by atoms with Crippen LogP contribution < -0.4 is 16.0 Å². The molecule has 7 aromatic carbocycles. The van der Waals surface area contributed by atoms with Gasteiger partial charge in [-0.15, -0.1) is 11.3 Å². The van der Waals surface area contributed by atoms with E-state index in [-0.39, 0.29) is 12.1 Å². The number of aromatic nitrogens is 1. The Morgan fingerprint density at radius 2 is 1.33 bits per heavy atom. The number of amidine groups is 2. The number of thiophene rings is 1. The van der Waals surface area contributed by atoms with Gasteiger partial charge < -0.3 is 14.3 Å². The zero-order valence-corrected chi connectivity index (χ0v) is 31.6. The van der Waals surface area contributed by atoms with E-state index in [1.165, 1.54) is 58.8 Å². The summed E-state index contributed by atoms with van der Waals surface area (Å²) < 4.78 is 11.5. The molecule has 57 heavy (non-hydrogen) atoms. The fourth-order valence-corrected chi connectivity index (χ4v) is 10.0. The standard InChI is InChI=1S/C51H34N4OS/c1-3-12-31(13-4-1)49-52-50(32-14-5-2-6-15-32)54-51(53-49)35-23-25-38-40-28-33(24-27-44(40)56-45(38)29-35)34-22-26-39-47(30-34)57-46-21-11-20-43(48(39)46)55-41-18-9-7-16-36(41)37-17-8-10-19-42(37)55/h1-22,24-30,35,49H,23H2,(H,52,53,54). The van der Waals surface area contributed by atoms with Gasteiger partial charge in [-0.1, -0.05) is 127 Å². The number of benzene rings is 7. The van der Waals surface area contributed by atoms with Gasteiger partial charge in [-0.05, 0) is 71.7 Å².